The number of hydrogen-bond donors (Lipinski definition) is 1. The number of amides is 1. The van der Waals surface area contributed by atoms with Crippen molar-refractivity contribution in [1.82, 2.24) is 10.4 Å². The van der Waals surface area contributed by atoms with Gasteiger partial charge in [-0.25, -0.2) is 10.4 Å². The molecule has 0 saturated heterocycles. The molecule has 0 unspecified atom stereocenters. The Balaban J connectivity index is 1.67. The molecule has 0 bridgehead atoms. The summed E-state index contributed by atoms with van der Waals surface area (Å²) in [4.78, 5) is 29.3. The number of nitrogens with one attached hydrogen (secondary N) is 1. The lowest BCUT2D eigenvalue weighted by molar-refractivity contribution is -0.131. The van der Waals surface area contributed by atoms with Gasteiger partial charge in [0.15, 0.2) is 5.75 Å². The van der Waals surface area contributed by atoms with E-state index in [-0.39, 0.29) is 5.91 Å². The van der Waals surface area contributed by atoms with Crippen LogP contribution >= 0.6 is 45.2 Å². The SMILES string of the molecule is CC(=O)Oc1c(I)cc(I)cc1/C=N\NC(=O)c1cc(-c2ccccc2)nc2ccccc12. The lowest BCUT2D eigenvalue weighted by Crippen LogP contribution is -2.18. The summed E-state index contributed by atoms with van der Waals surface area (Å²) >= 11 is 4.27. The van der Waals surface area contributed by atoms with E-state index in [0.717, 1.165) is 23.6 Å². The Kier molecular flexibility index (Phi) is 7.33. The van der Waals surface area contributed by atoms with Gasteiger partial charge in [-0.15, -0.1) is 0 Å². The first kappa shape index (κ1) is 23.3. The molecule has 1 amide bonds. The molecule has 33 heavy (non-hydrogen) atoms. The Hall–Kier alpha value is -2.86. The van der Waals surface area contributed by atoms with Gasteiger partial charge >= 0.3 is 5.97 Å². The minimum absolute atomic E-state index is 0.364. The van der Waals surface area contributed by atoms with Crippen LogP contribution in [0.2, 0.25) is 0 Å². The molecule has 3 aromatic carbocycles. The number of hydrogen-bond acceptors (Lipinski definition) is 5. The van der Waals surface area contributed by atoms with Gasteiger partial charge in [0.2, 0.25) is 0 Å². The normalized spacial score (nSPS) is 11.0. The van der Waals surface area contributed by atoms with E-state index in [1.807, 2.05) is 66.7 Å². The number of esters is 1. The fourth-order valence-corrected chi connectivity index (χ4v) is 5.27. The Morgan fingerprint density at radius 1 is 1.00 bits per heavy atom. The fraction of sp³-hybridized carbons (Fsp3) is 0.0400. The highest BCUT2D eigenvalue weighted by atomic mass is 127. The van der Waals surface area contributed by atoms with Crippen molar-refractivity contribution < 1.29 is 14.3 Å². The van der Waals surface area contributed by atoms with Gasteiger partial charge in [0.05, 0.1) is 26.6 Å². The van der Waals surface area contributed by atoms with Crippen LogP contribution in [0.5, 0.6) is 5.75 Å². The molecule has 0 aliphatic carbocycles. The Morgan fingerprint density at radius 2 is 1.73 bits per heavy atom. The van der Waals surface area contributed by atoms with Gasteiger partial charge in [0, 0.05) is 27.0 Å². The number of ether oxygens (including phenoxy) is 1. The van der Waals surface area contributed by atoms with Gasteiger partial charge in [-0.05, 0) is 69.4 Å². The summed E-state index contributed by atoms with van der Waals surface area (Å²) in [6, 6.07) is 22.7. The third-order valence-electron chi connectivity index (χ3n) is 4.68. The largest absolute Gasteiger partial charge is 0.425 e. The first-order chi connectivity index (χ1) is 15.9. The predicted octanol–water partition coefficient (Wildman–Crippen LogP) is 5.80. The number of rotatable bonds is 5. The van der Waals surface area contributed by atoms with Crippen molar-refractivity contribution in [3.05, 3.63) is 91.1 Å². The molecule has 0 spiro atoms. The number of pyridine rings is 1. The highest BCUT2D eigenvalue weighted by Crippen LogP contribution is 2.28. The van der Waals surface area contributed by atoms with E-state index in [0.29, 0.717) is 22.6 Å². The van der Waals surface area contributed by atoms with Crippen LogP contribution in [-0.2, 0) is 4.79 Å². The summed E-state index contributed by atoms with van der Waals surface area (Å²) in [5.41, 5.74) is 5.99. The van der Waals surface area contributed by atoms with Gasteiger partial charge in [-0.1, -0.05) is 48.5 Å². The first-order valence-corrected chi connectivity index (χ1v) is 12.0. The maximum Gasteiger partial charge on any atom is 0.308 e. The second kappa shape index (κ2) is 10.4. The summed E-state index contributed by atoms with van der Waals surface area (Å²) < 4.78 is 7.06. The van der Waals surface area contributed by atoms with E-state index in [9.17, 15) is 9.59 Å². The number of para-hydroxylation sites is 1. The van der Waals surface area contributed by atoms with E-state index < -0.39 is 5.97 Å². The monoisotopic (exact) mass is 661 g/mol. The second-order valence-corrected chi connectivity index (χ2v) is 9.44. The predicted molar refractivity (Wildman–Crippen MR) is 145 cm³/mol. The van der Waals surface area contributed by atoms with Crippen LogP contribution in [0.3, 0.4) is 0 Å². The van der Waals surface area contributed by atoms with Crippen LogP contribution in [0.25, 0.3) is 22.2 Å². The summed E-state index contributed by atoms with van der Waals surface area (Å²) in [6.07, 6.45) is 1.47. The molecule has 1 aromatic heterocycles. The number of halogens is 2. The smallest absolute Gasteiger partial charge is 0.308 e. The molecular weight excluding hydrogens is 644 g/mol. The molecule has 0 atom stereocenters. The van der Waals surface area contributed by atoms with Crippen molar-refractivity contribution in [3.63, 3.8) is 0 Å². The quantitative estimate of drug-likeness (QED) is 0.0965. The average Bonchev–Trinajstić information content (AvgIpc) is 2.80. The van der Waals surface area contributed by atoms with Gasteiger partial charge < -0.3 is 4.74 Å². The number of carbonyl (C=O) groups is 2. The summed E-state index contributed by atoms with van der Waals surface area (Å²) in [5.74, 6) is -0.386. The number of nitrogens with zero attached hydrogens (tertiary/aromatic N) is 2. The third kappa shape index (κ3) is 5.56. The van der Waals surface area contributed by atoms with Crippen LogP contribution < -0.4 is 10.2 Å². The fourth-order valence-electron chi connectivity index (χ4n) is 3.27. The van der Waals surface area contributed by atoms with Crippen LogP contribution in [0.4, 0.5) is 0 Å². The molecule has 6 nitrogen and oxygen atoms in total. The third-order valence-corrected chi connectivity index (χ3v) is 6.11. The number of carbonyl (C=O) groups excluding carboxylic acids is 2. The molecule has 0 saturated carbocycles. The Morgan fingerprint density at radius 3 is 2.48 bits per heavy atom. The maximum absolute atomic E-state index is 13.1. The minimum atomic E-state index is -0.426. The standard InChI is InChI=1S/C25H17I2N3O3/c1-15(31)33-24-17(11-18(26)12-21(24)27)14-28-30-25(32)20-13-23(16-7-3-2-4-8-16)29-22-10-6-5-9-19(20)22/h2-14H,1H3,(H,30,32)/b28-14-. The molecule has 1 heterocycles. The van der Waals surface area contributed by atoms with E-state index in [2.05, 4.69) is 55.7 Å². The van der Waals surface area contributed by atoms with Gasteiger partial charge in [0.25, 0.3) is 5.91 Å². The maximum atomic E-state index is 13.1. The van der Waals surface area contributed by atoms with Crippen molar-refractivity contribution in [1.29, 1.82) is 0 Å². The van der Waals surface area contributed by atoms with Gasteiger partial charge in [0.1, 0.15) is 0 Å². The van der Waals surface area contributed by atoms with Crippen molar-refractivity contribution in [2.24, 2.45) is 5.10 Å². The summed E-state index contributed by atoms with van der Waals surface area (Å²) in [7, 11) is 0. The number of fused-ring (bicyclic) bond motifs is 1. The van der Waals surface area contributed by atoms with Crippen LogP contribution in [-0.4, -0.2) is 23.1 Å². The average molecular weight is 661 g/mol. The second-order valence-electron chi connectivity index (χ2n) is 7.04. The van der Waals surface area contributed by atoms with Crippen molar-refractivity contribution in [3.8, 4) is 17.0 Å². The number of hydrazone groups is 1. The highest BCUT2D eigenvalue weighted by Gasteiger charge is 2.14. The number of benzene rings is 3. The Labute approximate surface area is 217 Å². The first-order valence-electron chi connectivity index (χ1n) is 9.88. The molecule has 0 radical (unpaired) electrons. The number of aromatic nitrogens is 1. The van der Waals surface area contributed by atoms with E-state index >= 15 is 0 Å². The zero-order valence-electron chi connectivity index (χ0n) is 17.4. The summed E-state index contributed by atoms with van der Waals surface area (Å²) in [6.45, 7) is 1.34. The highest BCUT2D eigenvalue weighted by molar-refractivity contribution is 14.1. The van der Waals surface area contributed by atoms with Crippen LogP contribution in [0.15, 0.2) is 77.9 Å². The molecule has 4 rings (SSSR count). The van der Waals surface area contributed by atoms with Crippen molar-refractivity contribution >= 4 is 74.2 Å². The zero-order chi connectivity index (χ0) is 23.4. The molecule has 0 aliphatic heterocycles. The van der Waals surface area contributed by atoms with Gasteiger partial charge in [-0.2, -0.15) is 5.10 Å². The van der Waals surface area contributed by atoms with Crippen molar-refractivity contribution in [2.75, 3.05) is 0 Å². The molecule has 8 heteroatoms. The van der Waals surface area contributed by atoms with E-state index in [4.69, 9.17) is 9.72 Å². The minimum Gasteiger partial charge on any atom is -0.425 e. The topological polar surface area (TPSA) is 80.6 Å². The van der Waals surface area contributed by atoms with Crippen LogP contribution in [0, 0.1) is 7.14 Å². The van der Waals surface area contributed by atoms with E-state index in [1.165, 1.54) is 13.1 Å². The van der Waals surface area contributed by atoms with Crippen LogP contribution in [0.1, 0.15) is 22.8 Å². The molecule has 164 valence electrons. The lowest BCUT2D eigenvalue weighted by Gasteiger charge is -2.10. The van der Waals surface area contributed by atoms with E-state index in [1.54, 1.807) is 6.07 Å². The molecule has 0 aliphatic rings. The zero-order valence-corrected chi connectivity index (χ0v) is 21.7. The lowest BCUT2D eigenvalue weighted by atomic mass is 10.0. The molecule has 1 N–H and O–H groups in total. The molecule has 0 fully saturated rings. The Bertz CT molecular complexity index is 1390. The van der Waals surface area contributed by atoms with Gasteiger partial charge in [-0.3, -0.25) is 9.59 Å². The molecule has 4 aromatic rings. The summed E-state index contributed by atoms with van der Waals surface area (Å²) in [5, 5.41) is 4.87. The van der Waals surface area contributed by atoms with Crippen molar-refractivity contribution in [2.45, 2.75) is 6.92 Å². The molecular formula is C25H17I2N3O3.